The molecule has 0 fully saturated rings. The van der Waals surface area contributed by atoms with Crippen LogP contribution in [-0.4, -0.2) is 9.97 Å². The molecular weight excluding hydrogens is 565 g/mol. The molecule has 202 valence electrons. The first-order valence-electron chi connectivity index (χ1n) is 14.5. The Morgan fingerprint density at radius 1 is 0.525 bits per heavy atom. The smallest absolute Gasteiger partial charge is 0.109 e. The van der Waals surface area contributed by atoms with Gasteiger partial charge in [0, 0.05) is 40.0 Å². The summed E-state index contributed by atoms with van der Waals surface area (Å²) in [6.07, 6.45) is 10.1. The van der Waals surface area contributed by atoms with Gasteiger partial charge in [-0.1, -0.05) is 51.7 Å². The predicted octanol–water partition coefficient (Wildman–Crippen LogP) is 12.1. The van der Waals surface area contributed by atoms with Crippen LogP contribution in [0.25, 0.3) is 61.7 Å². The van der Waals surface area contributed by atoms with Gasteiger partial charge in [-0.25, -0.2) is 9.97 Å². The lowest BCUT2D eigenvalue weighted by Crippen LogP contribution is -1.87. The Bertz CT molecular complexity index is 1810. The van der Waals surface area contributed by atoms with Crippen molar-refractivity contribution in [1.82, 2.24) is 9.97 Å². The van der Waals surface area contributed by atoms with Crippen LogP contribution in [0.3, 0.4) is 0 Å². The van der Waals surface area contributed by atoms with E-state index in [9.17, 15) is 0 Å². The summed E-state index contributed by atoms with van der Waals surface area (Å²) in [5.41, 5.74) is 4.01. The van der Waals surface area contributed by atoms with E-state index < -0.39 is 0 Å². The molecule has 0 aliphatic heterocycles. The summed E-state index contributed by atoms with van der Waals surface area (Å²) in [6.45, 7) is 4.55. The van der Waals surface area contributed by atoms with Crippen LogP contribution in [0.15, 0.2) is 60.7 Å². The number of aromatic nitrogens is 2. The highest BCUT2D eigenvalue weighted by atomic mass is 32.1. The first-order chi connectivity index (χ1) is 19.7. The largest absolute Gasteiger partial charge is 0.243 e. The average Bonchev–Trinajstić information content (AvgIpc) is 3.77. The number of para-hydroxylation sites is 2. The van der Waals surface area contributed by atoms with Gasteiger partial charge < -0.3 is 0 Å². The van der Waals surface area contributed by atoms with Crippen molar-refractivity contribution in [3.63, 3.8) is 0 Å². The molecule has 0 aliphatic rings. The quantitative estimate of drug-likeness (QED) is 0.116. The Hall–Kier alpha value is -2.64. The molecule has 0 amide bonds. The third kappa shape index (κ3) is 4.89. The summed E-state index contributed by atoms with van der Waals surface area (Å²) in [6, 6.07) is 22.4. The van der Waals surface area contributed by atoms with Gasteiger partial charge in [0.2, 0.25) is 0 Å². The first-order valence-corrected chi connectivity index (χ1v) is 17.7. The zero-order valence-electron chi connectivity index (χ0n) is 23.0. The zero-order valence-corrected chi connectivity index (χ0v) is 26.2. The first kappa shape index (κ1) is 26.3. The van der Waals surface area contributed by atoms with Crippen molar-refractivity contribution in [1.29, 1.82) is 0 Å². The second-order valence-corrected chi connectivity index (χ2v) is 15.0. The molecule has 0 spiro atoms. The highest BCUT2D eigenvalue weighted by Gasteiger charge is 2.20. The van der Waals surface area contributed by atoms with E-state index in [4.69, 9.17) is 9.97 Å². The highest BCUT2D eigenvalue weighted by Crippen LogP contribution is 2.48. The average molecular weight is 597 g/mol. The van der Waals surface area contributed by atoms with Crippen LogP contribution in [0.4, 0.5) is 0 Å². The fourth-order valence-corrected chi connectivity index (χ4v) is 10.1. The van der Waals surface area contributed by atoms with Crippen molar-refractivity contribution in [2.45, 2.75) is 65.2 Å². The number of rotatable bonds is 10. The lowest BCUT2D eigenvalue weighted by molar-refractivity contribution is 0.722. The molecule has 40 heavy (non-hydrogen) atoms. The molecule has 0 unspecified atom stereocenters. The fourth-order valence-electron chi connectivity index (χ4n) is 5.48. The van der Waals surface area contributed by atoms with Gasteiger partial charge in [0.1, 0.15) is 11.0 Å². The number of hydrogen-bond donors (Lipinski definition) is 0. The van der Waals surface area contributed by atoms with Gasteiger partial charge in [-0.3, -0.25) is 0 Å². The summed E-state index contributed by atoms with van der Waals surface area (Å²) in [5.74, 6) is 0. The number of unbranched alkanes of at least 4 members (excludes halogenated alkanes) is 4. The Balaban J connectivity index is 1.39. The molecule has 5 aromatic heterocycles. The second-order valence-electron chi connectivity index (χ2n) is 10.6. The van der Waals surface area contributed by atoms with Crippen molar-refractivity contribution >= 4 is 87.6 Å². The third-order valence-electron chi connectivity index (χ3n) is 7.62. The van der Waals surface area contributed by atoms with Crippen LogP contribution >= 0.6 is 45.3 Å². The molecule has 0 saturated carbocycles. The normalized spacial score (nSPS) is 12.1. The Morgan fingerprint density at radius 3 is 1.45 bits per heavy atom. The lowest BCUT2D eigenvalue weighted by atomic mass is 10.1. The van der Waals surface area contributed by atoms with Crippen LogP contribution in [0.1, 0.15) is 62.1 Å². The van der Waals surface area contributed by atoms with E-state index in [1.165, 1.54) is 101 Å². The van der Waals surface area contributed by atoms with Gasteiger partial charge in [-0.15, -0.1) is 45.3 Å². The van der Waals surface area contributed by atoms with E-state index in [1.54, 1.807) is 0 Å². The van der Waals surface area contributed by atoms with E-state index in [-0.39, 0.29) is 0 Å². The minimum Gasteiger partial charge on any atom is -0.243 e. The predicted molar refractivity (Wildman–Crippen MR) is 181 cm³/mol. The topological polar surface area (TPSA) is 25.8 Å². The van der Waals surface area contributed by atoms with Crippen LogP contribution in [0, 0.1) is 0 Å². The minimum atomic E-state index is 0.965. The number of thiophene rings is 4. The summed E-state index contributed by atoms with van der Waals surface area (Å²) in [4.78, 5) is 18.8. The molecule has 0 atom stereocenters. The molecule has 0 aliphatic carbocycles. The number of aryl methyl sites for hydroxylation is 2. The number of benzene rings is 2. The molecule has 7 aromatic rings. The molecule has 0 N–H and O–H groups in total. The van der Waals surface area contributed by atoms with Crippen LogP contribution in [0.2, 0.25) is 0 Å². The summed E-state index contributed by atoms with van der Waals surface area (Å²) in [7, 11) is 0. The molecule has 5 heterocycles. The lowest BCUT2D eigenvalue weighted by Gasteiger charge is -2.04. The van der Waals surface area contributed by atoms with Crippen LogP contribution in [-0.2, 0) is 12.8 Å². The molecule has 7 rings (SSSR count). The minimum absolute atomic E-state index is 0.965. The van der Waals surface area contributed by atoms with E-state index in [0.29, 0.717) is 0 Å². The second kappa shape index (κ2) is 11.3. The third-order valence-corrected chi connectivity index (χ3v) is 12.6. The summed E-state index contributed by atoms with van der Waals surface area (Å²) in [5, 5.41) is 2.63. The van der Waals surface area contributed by atoms with Crippen molar-refractivity contribution in [3.05, 3.63) is 70.4 Å². The van der Waals surface area contributed by atoms with Crippen molar-refractivity contribution < 1.29 is 0 Å². The van der Waals surface area contributed by atoms with E-state index in [2.05, 4.69) is 74.5 Å². The molecule has 2 aromatic carbocycles. The fraction of sp³-hybridized carbons (Fsp3) is 0.294. The van der Waals surface area contributed by atoms with Crippen molar-refractivity contribution in [3.8, 4) is 19.5 Å². The van der Waals surface area contributed by atoms with Crippen molar-refractivity contribution in [2.24, 2.45) is 0 Å². The van der Waals surface area contributed by atoms with Gasteiger partial charge in [-0.05, 0) is 74.2 Å². The Morgan fingerprint density at radius 2 is 1.00 bits per heavy atom. The standard InChI is InChI=1S/C34H32N2S4/c1-3-5-7-11-21-15-17-27(37-21)29-19-23-24-20-30(28-18-16-22(38-28)12-8-6-4-2)40-34(24)32-31(33(23)39-29)35-25-13-9-10-14-26(25)36-32/h9-10,13-20H,3-8,11-12H2,1-2H3. The molecule has 6 heteroatoms. The highest BCUT2D eigenvalue weighted by molar-refractivity contribution is 7.28. The number of nitrogens with zero attached hydrogens (tertiary/aromatic N) is 2. The van der Waals surface area contributed by atoms with Crippen molar-refractivity contribution in [2.75, 3.05) is 0 Å². The molecule has 0 radical (unpaired) electrons. The molecule has 0 bridgehead atoms. The van der Waals surface area contributed by atoms with Gasteiger partial charge in [0.25, 0.3) is 0 Å². The van der Waals surface area contributed by atoms with Crippen LogP contribution < -0.4 is 0 Å². The summed E-state index contributed by atoms with van der Waals surface area (Å²) >= 11 is 7.67. The van der Waals surface area contributed by atoms with Gasteiger partial charge in [-0.2, -0.15) is 0 Å². The monoisotopic (exact) mass is 596 g/mol. The number of hydrogen-bond acceptors (Lipinski definition) is 6. The SMILES string of the molecule is CCCCCc1ccc(-c2cc3c4cc(-c5ccc(CCCCC)s5)sc4c4nc5ccccc5nc4c3s2)s1. The van der Waals surface area contributed by atoms with Gasteiger partial charge in [0.15, 0.2) is 0 Å². The number of fused-ring (bicyclic) bond motifs is 7. The van der Waals surface area contributed by atoms with E-state index >= 15 is 0 Å². The molecule has 0 saturated heterocycles. The molecule has 2 nitrogen and oxygen atoms in total. The maximum Gasteiger partial charge on any atom is 0.109 e. The zero-order chi connectivity index (χ0) is 27.1. The molecular formula is C34H32N2S4. The van der Waals surface area contributed by atoms with Crippen LogP contribution in [0.5, 0.6) is 0 Å². The van der Waals surface area contributed by atoms with Gasteiger partial charge >= 0.3 is 0 Å². The van der Waals surface area contributed by atoms with Gasteiger partial charge in [0.05, 0.1) is 20.4 Å². The maximum absolute atomic E-state index is 5.21. The summed E-state index contributed by atoms with van der Waals surface area (Å²) < 4.78 is 2.51. The van der Waals surface area contributed by atoms with E-state index in [1.807, 2.05) is 45.3 Å². The Kier molecular flexibility index (Phi) is 7.44. The Labute approximate surface area is 251 Å². The maximum atomic E-state index is 5.21. The van der Waals surface area contributed by atoms with E-state index in [0.717, 1.165) is 22.1 Å².